The van der Waals surface area contributed by atoms with Gasteiger partial charge in [0.25, 0.3) is 0 Å². The van der Waals surface area contributed by atoms with Crippen LogP contribution in [0.2, 0.25) is 0 Å². The van der Waals surface area contributed by atoms with Gasteiger partial charge in [-0.15, -0.1) is 11.3 Å². The van der Waals surface area contributed by atoms with E-state index in [1.807, 2.05) is 36.6 Å². The maximum atomic E-state index is 12.1. The Bertz CT molecular complexity index is 1190. The molecule has 0 bridgehead atoms. The van der Waals surface area contributed by atoms with Crippen LogP contribution in [0.3, 0.4) is 0 Å². The van der Waals surface area contributed by atoms with E-state index in [0.717, 1.165) is 16.8 Å². The van der Waals surface area contributed by atoms with Gasteiger partial charge < -0.3 is 14.8 Å². The lowest BCUT2D eigenvalue weighted by molar-refractivity contribution is 0.0587. The number of thiazole rings is 1. The number of allylic oxidation sites excluding steroid dienone is 1. The highest BCUT2D eigenvalue weighted by atomic mass is 32.1. The van der Waals surface area contributed by atoms with E-state index < -0.39 is 11.9 Å². The fraction of sp³-hybridized carbons (Fsp3) is 0.130. The summed E-state index contributed by atoms with van der Waals surface area (Å²) in [4.78, 5) is 28.5. The largest absolute Gasteiger partial charge is 0.465 e. The Balaban J connectivity index is 1.92. The number of nitriles is 1. The molecule has 0 atom stereocenters. The predicted octanol–water partition coefficient (Wildman–Crippen LogP) is 4.67. The van der Waals surface area contributed by atoms with E-state index in [0.29, 0.717) is 10.7 Å². The highest BCUT2D eigenvalue weighted by molar-refractivity contribution is 7.11. The molecule has 0 saturated heterocycles. The van der Waals surface area contributed by atoms with Crippen LogP contribution in [0.15, 0.2) is 54.0 Å². The molecule has 0 radical (unpaired) electrons. The lowest BCUT2D eigenvalue weighted by Crippen LogP contribution is -2.08. The van der Waals surface area contributed by atoms with Crippen LogP contribution in [0.5, 0.6) is 0 Å². The number of methoxy groups -OCH3 is 2. The van der Waals surface area contributed by atoms with E-state index in [9.17, 15) is 14.9 Å². The zero-order valence-corrected chi connectivity index (χ0v) is 17.9. The van der Waals surface area contributed by atoms with Crippen LogP contribution in [0, 0.1) is 18.3 Å². The summed E-state index contributed by atoms with van der Waals surface area (Å²) in [5.74, 6) is -1.13. The molecule has 2 aromatic carbocycles. The first-order chi connectivity index (χ1) is 15.0. The average Bonchev–Trinajstić information content (AvgIpc) is 3.28. The van der Waals surface area contributed by atoms with Gasteiger partial charge in [0.15, 0.2) is 0 Å². The number of aromatic nitrogens is 1. The van der Waals surface area contributed by atoms with Gasteiger partial charge in [-0.1, -0.05) is 29.8 Å². The molecular weight excluding hydrogens is 414 g/mol. The average molecular weight is 433 g/mol. The van der Waals surface area contributed by atoms with E-state index in [2.05, 4.69) is 16.4 Å². The van der Waals surface area contributed by atoms with Crippen LogP contribution < -0.4 is 5.32 Å². The van der Waals surface area contributed by atoms with E-state index in [4.69, 9.17) is 9.47 Å². The quantitative estimate of drug-likeness (QED) is 0.445. The predicted molar refractivity (Wildman–Crippen MR) is 119 cm³/mol. The number of nitrogens with one attached hydrogen (secondary N) is 1. The van der Waals surface area contributed by atoms with Gasteiger partial charge in [-0.25, -0.2) is 14.6 Å². The molecule has 1 N–H and O–H groups in total. The van der Waals surface area contributed by atoms with Crippen molar-refractivity contribution in [2.24, 2.45) is 0 Å². The molecule has 7 nitrogen and oxygen atoms in total. The number of hydrogen-bond acceptors (Lipinski definition) is 8. The molecule has 156 valence electrons. The lowest BCUT2D eigenvalue weighted by atomic mass is 10.1. The molecule has 1 aromatic heterocycles. The van der Waals surface area contributed by atoms with Gasteiger partial charge in [-0.2, -0.15) is 5.26 Å². The van der Waals surface area contributed by atoms with Crippen molar-refractivity contribution in [3.63, 3.8) is 0 Å². The zero-order valence-electron chi connectivity index (χ0n) is 17.1. The first-order valence-electron chi connectivity index (χ1n) is 9.17. The van der Waals surface area contributed by atoms with Crippen molar-refractivity contribution < 1.29 is 19.1 Å². The van der Waals surface area contributed by atoms with E-state index >= 15 is 0 Å². The fourth-order valence-electron chi connectivity index (χ4n) is 2.74. The molecule has 3 aromatic rings. The minimum Gasteiger partial charge on any atom is -0.465 e. The number of esters is 2. The van der Waals surface area contributed by atoms with Crippen molar-refractivity contribution in [1.82, 2.24) is 4.98 Å². The minimum atomic E-state index is -0.582. The zero-order chi connectivity index (χ0) is 22.4. The van der Waals surface area contributed by atoms with Crippen LogP contribution >= 0.6 is 11.3 Å². The Morgan fingerprint density at radius 2 is 1.81 bits per heavy atom. The molecule has 0 saturated carbocycles. The molecule has 31 heavy (non-hydrogen) atoms. The summed E-state index contributed by atoms with van der Waals surface area (Å²) in [5.41, 5.74) is 3.92. The number of rotatable bonds is 6. The fourth-order valence-corrected chi connectivity index (χ4v) is 3.54. The molecule has 0 unspecified atom stereocenters. The first-order valence-corrected chi connectivity index (χ1v) is 10.0. The summed E-state index contributed by atoms with van der Waals surface area (Å²) < 4.78 is 9.52. The second-order valence-electron chi connectivity index (χ2n) is 6.46. The molecule has 8 heteroatoms. The lowest BCUT2D eigenvalue weighted by Gasteiger charge is -2.10. The SMILES string of the molecule is COC(=O)c1ccc(C(=O)OC)c(N/C=C(\C#N)c2nc(-c3ccc(C)cc3)cs2)c1. The maximum absolute atomic E-state index is 12.1. The summed E-state index contributed by atoms with van der Waals surface area (Å²) in [6.07, 6.45) is 1.45. The Morgan fingerprint density at radius 3 is 2.45 bits per heavy atom. The third-order valence-electron chi connectivity index (χ3n) is 4.42. The Labute approximate surface area is 183 Å². The first kappa shape index (κ1) is 21.7. The number of benzene rings is 2. The summed E-state index contributed by atoms with van der Waals surface area (Å²) >= 11 is 1.34. The van der Waals surface area contributed by atoms with E-state index in [-0.39, 0.29) is 16.7 Å². The molecular formula is C23H19N3O4S. The highest BCUT2D eigenvalue weighted by Crippen LogP contribution is 2.27. The van der Waals surface area contributed by atoms with Crippen molar-refractivity contribution in [2.75, 3.05) is 19.5 Å². The maximum Gasteiger partial charge on any atom is 0.339 e. The van der Waals surface area contributed by atoms with Crippen molar-refractivity contribution in [3.05, 3.63) is 75.7 Å². The standard InChI is InChI=1S/C23H19N3O4S/c1-14-4-6-15(7-5-14)20-13-31-21(26-20)17(11-24)12-25-19-10-16(22(27)29-2)8-9-18(19)23(28)30-3/h4-10,12-13,25H,1-3H3/b17-12+. The normalized spacial score (nSPS) is 10.8. The Hall–Kier alpha value is -3.96. The number of hydrogen-bond donors (Lipinski definition) is 1. The number of anilines is 1. The summed E-state index contributed by atoms with van der Waals surface area (Å²) in [5, 5.41) is 14.9. The van der Waals surface area contributed by atoms with E-state index in [1.54, 1.807) is 0 Å². The number of carbonyl (C=O) groups is 2. The molecule has 0 fully saturated rings. The Kier molecular flexibility index (Phi) is 6.80. The second-order valence-corrected chi connectivity index (χ2v) is 7.32. The summed E-state index contributed by atoms with van der Waals surface area (Å²) in [6, 6.07) is 14.4. The van der Waals surface area contributed by atoms with Crippen molar-refractivity contribution >= 4 is 34.5 Å². The van der Waals surface area contributed by atoms with Gasteiger partial charge >= 0.3 is 11.9 Å². The third-order valence-corrected chi connectivity index (χ3v) is 5.30. The van der Waals surface area contributed by atoms with Gasteiger partial charge in [-0.3, -0.25) is 0 Å². The van der Waals surface area contributed by atoms with Gasteiger partial charge in [-0.05, 0) is 25.1 Å². The van der Waals surface area contributed by atoms with Gasteiger partial charge in [0, 0.05) is 17.1 Å². The second kappa shape index (κ2) is 9.69. The van der Waals surface area contributed by atoms with E-state index in [1.165, 1.54) is 50.0 Å². The highest BCUT2D eigenvalue weighted by Gasteiger charge is 2.16. The van der Waals surface area contributed by atoms with Gasteiger partial charge in [0.05, 0.1) is 36.7 Å². The van der Waals surface area contributed by atoms with Crippen LogP contribution in [0.4, 0.5) is 5.69 Å². The summed E-state index contributed by atoms with van der Waals surface area (Å²) in [6.45, 7) is 2.01. The van der Waals surface area contributed by atoms with Crippen molar-refractivity contribution in [3.8, 4) is 17.3 Å². The Morgan fingerprint density at radius 1 is 1.10 bits per heavy atom. The van der Waals surface area contributed by atoms with Gasteiger partial charge in [0.1, 0.15) is 16.6 Å². The molecule has 0 aliphatic rings. The summed E-state index contributed by atoms with van der Waals surface area (Å²) in [7, 11) is 2.53. The number of aryl methyl sites for hydroxylation is 1. The smallest absolute Gasteiger partial charge is 0.339 e. The minimum absolute atomic E-state index is 0.211. The van der Waals surface area contributed by atoms with Crippen LogP contribution in [0.1, 0.15) is 31.3 Å². The topological polar surface area (TPSA) is 101 Å². The van der Waals surface area contributed by atoms with Crippen molar-refractivity contribution in [1.29, 1.82) is 5.26 Å². The molecule has 3 rings (SSSR count). The number of nitrogens with zero attached hydrogens (tertiary/aromatic N) is 2. The molecule has 1 heterocycles. The molecule has 0 spiro atoms. The van der Waals surface area contributed by atoms with Crippen LogP contribution in [-0.2, 0) is 9.47 Å². The molecule has 0 aliphatic carbocycles. The van der Waals surface area contributed by atoms with Gasteiger partial charge in [0.2, 0.25) is 0 Å². The number of ether oxygens (including phenoxy) is 2. The third kappa shape index (κ3) is 4.97. The van der Waals surface area contributed by atoms with Crippen LogP contribution in [-0.4, -0.2) is 31.1 Å². The number of carbonyl (C=O) groups excluding carboxylic acids is 2. The molecule has 0 amide bonds. The monoisotopic (exact) mass is 433 g/mol. The van der Waals surface area contributed by atoms with Crippen LogP contribution in [0.25, 0.3) is 16.8 Å². The molecule has 0 aliphatic heterocycles. The van der Waals surface area contributed by atoms with Crippen molar-refractivity contribution in [2.45, 2.75) is 6.92 Å².